The van der Waals surface area contributed by atoms with E-state index in [9.17, 15) is 19.8 Å². The number of amides is 1. The second-order valence-electron chi connectivity index (χ2n) is 5.54. The van der Waals surface area contributed by atoms with E-state index in [-0.39, 0.29) is 6.61 Å². The van der Waals surface area contributed by atoms with Crippen LogP contribution in [0.15, 0.2) is 0 Å². The second kappa shape index (κ2) is 5.56. The van der Waals surface area contributed by atoms with Gasteiger partial charge in [-0.2, -0.15) is 0 Å². The van der Waals surface area contributed by atoms with Crippen LogP contribution in [0.25, 0.3) is 0 Å². The zero-order chi connectivity index (χ0) is 13.9. The Hall–Kier alpha value is -1.30. The molecular weight excluding hydrogens is 238 g/mol. The monoisotopic (exact) mass is 259 g/mol. The predicted molar refractivity (Wildman–Crippen MR) is 64.2 cm³/mol. The van der Waals surface area contributed by atoms with Crippen LogP contribution in [0.5, 0.6) is 0 Å². The smallest absolute Gasteiger partial charge is 0.411 e. The highest BCUT2D eigenvalue weighted by atomic mass is 16.6. The molecule has 6 nitrogen and oxygen atoms in total. The van der Waals surface area contributed by atoms with Gasteiger partial charge in [0.05, 0.1) is 0 Å². The molecule has 0 aromatic heterocycles. The molecule has 1 amide bonds. The summed E-state index contributed by atoms with van der Waals surface area (Å²) in [5, 5.41) is 18.4. The maximum absolute atomic E-state index is 11.9. The van der Waals surface area contributed by atoms with Gasteiger partial charge in [-0.05, 0) is 33.6 Å². The summed E-state index contributed by atoms with van der Waals surface area (Å²) >= 11 is 0. The van der Waals surface area contributed by atoms with Crippen molar-refractivity contribution in [2.75, 3.05) is 13.2 Å². The third kappa shape index (κ3) is 3.60. The highest BCUT2D eigenvalue weighted by Gasteiger charge is 2.40. The van der Waals surface area contributed by atoms with Crippen LogP contribution >= 0.6 is 0 Å². The zero-order valence-electron chi connectivity index (χ0n) is 11.0. The number of aliphatic hydroxyl groups excluding tert-OH is 1. The molecule has 1 unspecified atom stereocenters. The number of likely N-dealkylation sites (tertiary alicyclic amines) is 1. The minimum atomic E-state index is -1.10. The molecule has 1 aliphatic rings. The van der Waals surface area contributed by atoms with E-state index in [1.807, 2.05) is 0 Å². The maximum Gasteiger partial charge on any atom is 0.411 e. The fourth-order valence-electron chi connectivity index (χ4n) is 2.13. The Morgan fingerprint density at radius 1 is 1.39 bits per heavy atom. The maximum atomic E-state index is 11.9. The van der Waals surface area contributed by atoms with Gasteiger partial charge in [0.15, 0.2) is 0 Å². The van der Waals surface area contributed by atoms with Crippen molar-refractivity contribution in [2.45, 2.75) is 45.3 Å². The average Bonchev–Trinajstić information content (AvgIpc) is 2.25. The summed E-state index contributed by atoms with van der Waals surface area (Å²) in [6.45, 7) is 5.30. The van der Waals surface area contributed by atoms with E-state index >= 15 is 0 Å². The number of carboxylic acids is 1. The highest BCUT2D eigenvalue weighted by Crippen LogP contribution is 2.25. The standard InChI is InChI=1S/C12H21NO5/c1-12(2,3)18-11(17)13-6-4-5-8(7-14)9(13)10(15)16/h8-9,14H,4-7H2,1-3H3,(H,15,16)/t8?,9-/m1/s1. The molecule has 1 heterocycles. The quantitative estimate of drug-likeness (QED) is 0.774. The first kappa shape index (κ1) is 14.8. The first-order chi connectivity index (χ1) is 8.26. The SMILES string of the molecule is CC(C)(C)OC(=O)N1CCCC(CO)[C@@H]1C(=O)O. The van der Waals surface area contributed by atoms with Crippen molar-refractivity contribution in [3.05, 3.63) is 0 Å². The van der Waals surface area contributed by atoms with Crippen LogP contribution in [0.3, 0.4) is 0 Å². The molecule has 0 saturated carbocycles. The van der Waals surface area contributed by atoms with Crippen molar-refractivity contribution < 1.29 is 24.5 Å². The van der Waals surface area contributed by atoms with Crippen molar-refractivity contribution in [2.24, 2.45) is 5.92 Å². The molecule has 18 heavy (non-hydrogen) atoms. The lowest BCUT2D eigenvalue weighted by molar-refractivity contribution is -0.147. The number of aliphatic carboxylic acids is 1. The number of rotatable bonds is 2. The minimum absolute atomic E-state index is 0.240. The zero-order valence-corrected chi connectivity index (χ0v) is 11.0. The Balaban J connectivity index is 2.83. The van der Waals surface area contributed by atoms with Gasteiger partial charge in [0.1, 0.15) is 11.6 Å². The number of piperidine rings is 1. The van der Waals surface area contributed by atoms with Crippen LogP contribution in [0.1, 0.15) is 33.6 Å². The van der Waals surface area contributed by atoms with E-state index in [1.54, 1.807) is 20.8 Å². The first-order valence-electron chi connectivity index (χ1n) is 6.09. The van der Waals surface area contributed by atoms with Crippen LogP contribution in [0, 0.1) is 5.92 Å². The number of aliphatic hydroxyl groups is 1. The number of nitrogens with zero attached hydrogens (tertiary/aromatic N) is 1. The molecule has 1 fully saturated rings. The van der Waals surface area contributed by atoms with E-state index in [2.05, 4.69) is 0 Å². The van der Waals surface area contributed by atoms with Gasteiger partial charge >= 0.3 is 12.1 Å². The van der Waals surface area contributed by atoms with E-state index in [0.717, 1.165) is 0 Å². The Kier molecular flexibility index (Phi) is 4.56. The summed E-state index contributed by atoms with van der Waals surface area (Å²) in [4.78, 5) is 24.4. The van der Waals surface area contributed by atoms with Gasteiger partial charge in [0.2, 0.25) is 0 Å². The molecule has 0 radical (unpaired) electrons. The summed E-state index contributed by atoms with van der Waals surface area (Å²) < 4.78 is 5.19. The number of carboxylic acid groups (broad SMARTS) is 1. The van der Waals surface area contributed by atoms with Gasteiger partial charge in [-0.25, -0.2) is 9.59 Å². The van der Waals surface area contributed by atoms with Crippen molar-refractivity contribution >= 4 is 12.1 Å². The summed E-state index contributed by atoms with van der Waals surface area (Å²) in [5.74, 6) is -1.52. The molecule has 0 aliphatic carbocycles. The molecule has 2 atom stereocenters. The third-order valence-electron chi connectivity index (χ3n) is 2.87. The molecule has 2 N–H and O–H groups in total. The average molecular weight is 259 g/mol. The molecular formula is C12H21NO5. The molecule has 0 aromatic rings. The fraction of sp³-hybridized carbons (Fsp3) is 0.833. The summed E-state index contributed by atoms with van der Waals surface area (Å²) in [7, 11) is 0. The molecule has 1 aliphatic heterocycles. The topological polar surface area (TPSA) is 87.1 Å². The van der Waals surface area contributed by atoms with Crippen molar-refractivity contribution in [3.8, 4) is 0 Å². The van der Waals surface area contributed by atoms with E-state index in [4.69, 9.17) is 4.74 Å². The number of carbonyl (C=O) groups excluding carboxylic acids is 1. The third-order valence-corrected chi connectivity index (χ3v) is 2.87. The number of ether oxygens (including phenoxy) is 1. The second-order valence-corrected chi connectivity index (χ2v) is 5.54. The molecule has 0 spiro atoms. The van der Waals surface area contributed by atoms with E-state index < -0.39 is 29.6 Å². The Bertz CT molecular complexity index is 323. The van der Waals surface area contributed by atoms with Gasteiger partial charge in [-0.1, -0.05) is 0 Å². The molecule has 1 rings (SSSR count). The van der Waals surface area contributed by atoms with Crippen molar-refractivity contribution in [1.29, 1.82) is 0 Å². The van der Waals surface area contributed by atoms with E-state index in [1.165, 1.54) is 4.90 Å². The lowest BCUT2D eigenvalue weighted by Gasteiger charge is -2.38. The van der Waals surface area contributed by atoms with E-state index in [0.29, 0.717) is 19.4 Å². The molecule has 1 saturated heterocycles. The first-order valence-corrected chi connectivity index (χ1v) is 6.09. The molecule has 6 heteroatoms. The van der Waals surface area contributed by atoms with Crippen LogP contribution in [0.4, 0.5) is 4.79 Å². The van der Waals surface area contributed by atoms with Gasteiger partial charge in [0.25, 0.3) is 0 Å². The Morgan fingerprint density at radius 2 is 2.00 bits per heavy atom. The van der Waals surface area contributed by atoms with Crippen LogP contribution < -0.4 is 0 Å². The largest absolute Gasteiger partial charge is 0.480 e. The normalized spacial score (nSPS) is 24.8. The van der Waals surface area contributed by atoms with Gasteiger partial charge in [-0.15, -0.1) is 0 Å². The Morgan fingerprint density at radius 3 is 2.44 bits per heavy atom. The number of hydrogen-bond acceptors (Lipinski definition) is 4. The summed E-state index contributed by atoms with van der Waals surface area (Å²) in [6, 6.07) is -1.00. The van der Waals surface area contributed by atoms with Crippen LogP contribution in [-0.2, 0) is 9.53 Å². The summed E-state index contributed by atoms with van der Waals surface area (Å²) in [5.41, 5.74) is -0.660. The van der Waals surface area contributed by atoms with Crippen LogP contribution in [0.2, 0.25) is 0 Å². The predicted octanol–water partition coefficient (Wildman–Crippen LogP) is 1.08. The van der Waals surface area contributed by atoms with Crippen molar-refractivity contribution in [3.63, 3.8) is 0 Å². The minimum Gasteiger partial charge on any atom is -0.480 e. The highest BCUT2D eigenvalue weighted by molar-refractivity contribution is 5.80. The van der Waals surface area contributed by atoms with Gasteiger partial charge < -0.3 is 14.9 Å². The summed E-state index contributed by atoms with van der Waals surface area (Å²) in [6.07, 6.45) is 0.647. The number of hydrogen-bond donors (Lipinski definition) is 2. The molecule has 0 bridgehead atoms. The lowest BCUT2D eigenvalue weighted by atomic mass is 9.90. The lowest BCUT2D eigenvalue weighted by Crippen LogP contribution is -2.54. The molecule has 104 valence electrons. The van der Waals surface area contributed by atoms with Crippen molar-refractivity contribution in [1.82, 2.24) is 4.90 Å². The van der Waals surface area contributed by atoms with Gasteiger partial charge in [-0.3, -0.25) is 4.90 Å². The molecule has 0 aromatic carbocycles. The fourth-order valence-corrected chi connectivity index (χ4v) is 2.13. The van der Waals surface area contributed by atoms with Crippen LogP contribution in [-0.4, -0.2) is 52.0 Å². The van der Waals surface area contributed by atoms with Gasteiger partial charge in [0, 0.05) is 19.1 Å². The number of carbonyl (C=O) groups is 2. The Labute approximate surface area is 107 Å².